The maximum atomic E-state index is 12.2. The first-order chi connectivity index (χ1) is 11.5. The Morgan fingerprint density at radius 3 is 2.71 bits per heavy atom. The van der Waals surface area contributed by atoms with Crippen molar-refractivity contribution in [3.8, 4) is 0 Å². The highest BCUT2D eigenvalue weighted by Gasteiger charge is 2.13. The molecule has 0 radical (unpaired) electrons. The molecule has 0 atom stereocenters. The van der Waals surface area contributed by atoms with Crippen molar-refractivity contribution in [2.24, 2.45) is 0 Å². The maximum absolute atomic E-state index is 12.2. The zero-order valence-electron chi connectivity index (χ0n) is 14.0. The zero-order valence-corrected chi connectivity index (χ0v) is 14.0. The summed E-state index contributed by atoms with van der Waals surface area (Å²) in [6.45, 7) is 3.16. The highest BCUT2D eigenvalue weighted by atomic mass is 16.5. The fraction of sp³-hybridized carbons (Fsp3) is 0.375. The summed E-state index contributed by atoms with van der Waals surface area (Å²) < 4.78 is 4.89. The number of carbonyl (C=O) groups excluding carboxylic acids is 2. The van der Waals surface area contributed by atoms with Crippen LogP contribution in [0.5, 0.6) is 0 Å². The molecule has 0 aliphatic carbocycles. The van der Waals surface area contributed by atoms with E-state index in [-0.39, 0.29) is 17.5 Å². The standard InChI is InChI=1S/C16H21N5O3/c1-11-9-14(20-24-11)19-15(22)12-5-7-17-13(10-12)16(23)18-6-4-8-21(2)3/h5,7,9-10H,4,6,8H2,1-3H3,(H,18,23)(H,19,20,22). The Morgan fingerprint density at radius 2 is 2.04 bits per heavy atom. The minimum absolute atomic E-state index is 0.198. The molecule has 0 saturated carbocycles. The quantitative estimate of drug-likeness (QED) is 0.742. The van der Waals surface area contributed by atoms with Gasteiger partial charge >= 0.3 is 0 Å². The van der Waals surface area contributed by atoms with Gasteiger partial charge in [0.05, 0.1) is 0 Å². The van der Waals surface area contributed by atoms with Gasteiger partial charge in [0.25, 0.3) is 11.8 Å². The molecule has 0 bridgehead atoms. The summed E-state index contributed by atoms with van der Waals surface area (Å²) in [7, 11) is 3.95. The number of pyridine rings is 1. The Hall–Kier alpha value is -2.74. The second kappa shape index (κ2) is 8.21. The molecule has 0 aliphatic heterocycles. The molecule has 0 spiro atoms. The van der Waals surface area contributed by atoms with Gasteiger partial charge in [0.1, 0.15) is 11.5 Å². The molecular weight excluding hydrogens is 310 g/mol. The Morgan fingerprint density at radius 1 is 1.25 bits per heavy atom. The average molecular weight is 331 g/mol. The average Bonchev–Trinajstić information content (AvgIpc) is 2.96. The van der Waals surface area contributed by atoms with E-state index < -0.39 is 0 Å². The Kier molecular flexibility index (Phi) is 6.02. The lowest BCUT2D eigenvalue weighted by atomic mass is 10.2. The van der Waals surface area contributed by atoms with Crippen molar-refractivity contribution in [2.75, 3.05) is 32.5 Å². The number of nitrogens with zero attached hydrogens (tertiary/aromatic N) is 3. The van der Waals surface area contributed by atoms with E-state index in [0.717, 1.165) is 13.0 Å². The molecule has 8 heteroatoms. The van der Waals surface area contributed by atoms with Gasteiger partial charge in [0.15, 0.2) is 5.82 Å². The summed E-state index contributed by atoms with van der Waals surface area (Å²) >= 11 is 0. The smallest absolute Gasteiger partial charge is 0.269 e. The van der Waals surface area contributed by atoms with Gasteiger partial charge in [-0.15, -0.1) is 0 Å². The molecule has 128 valence electrons. The molecule has 2 N–H and O–H groups in total. The number of nitrogens with one attached hydrogen (secondary N) is 2. The monoisotopic (exact) mass is 331 g/mol. The molecule has 0 aromatic carbocycles. The van der Waals surface area contributed by atoms with E-state index in [1.807, 2.05) is 19.0 Å². The molecular formula is C16H21N5O3. The van der Waals surface area contributed by atoms with Crippen LogP contribution in [0.3, 0.4) is 0 Å². The van der Waals surface area contributed by atoms with Crippen molar-refractivity contribution in [3.63, 3.8) is 0 Å². The number of anilines is 1. The molecule has 8 nitrogen and oxygen atoms in total. The van der Waals surface area contributed by atoms with E-state index in [2.05, 4.69) is 20.8 Å². The number of amides is 2. The third-order valence-electron chi connectivity index (χ3n) is 3.19. The second-order valence-corrected chi connectivity index (χ2v) is 5.62. The van der Waals surface area contributed by atoms with Crippen LogP contribution in [0.15, 0.2) is 28.9 Å². The summed E-state index contributed by atoms with van der Waals surface area (Å²) in [6.07, 6.45) is 2.27. The largest absolute Gasteiger partial charge is 0.360 e. The lowest BCUT2D eigenvalue weighted by Gasteiger charge is -2.10. The zero-order chi connectivity index (χ0) is 17.5. The van der Waals surface area contributed by atoms with Crippen LogP contribution in [0.1, 0.15) is 33.0 Å². The fourth-order valence-electron chi connectivity index (χ4n) is 2.00. The van der Waals surface area contributed by atoms with Crippen LogP contribution in [0.2, 0.25) is 0 Å². The molecule has 0 fully saturated rings. The Labute approximate surface area is 140 Å². The summed E-state index contributed by atoms with van der Waals surface area (Å²) in [5, 5.41) is 9.08. The van der Waals surface area contributed by atoms with Gasteiger partial charge in [-0.05, 0) is 46.1 Å². The van der Waals surface area contributed by atoms with E-state index in [9.17, 15) is 9.59 Å². The summed E-state index contributed by atoms with van der Waals surface area (Å²) in [6, 6.07) is 4.59. The van der Waals surface area contributed by atoms with Gasteiger partial charge in [-0.3, -0.25) is 14.6 Å². The van der Waals surface area contributed by atoms with Crippen molar-refractivity contribution in [2.45, 2.75) is 13.3 Å². The van der Waals surface area contributed by atoms with Crippen LogP contribution in [-0.2, 0) is 0 Å². The molecule has 2 aromatic heterocycles. The van der Waals surface area contributed by atoms with Crippen molar-refractivity contribution in [1.82, 2.24) is 20.4 Å². The number of aryl methyl sites for hydroxylation is 1. The molecule has 0 aliphatic rings. The third kappa shape index (κ3) is 5.17. The van der Waals surface area contributed by atoms with Crippen LogP contribution < -0.4 is 10.6 Å². The number of rotatable bonds is 7. The number of carbonyl (C=O) groups is 2. The van der Waals surface area contributed by atoms with Crippen LogP contribution in [-0.4, -0.2) is 54.0 Å². The molecule has 2 aromatic rings. The second-order valence-electron chi connectivity index (χ2n) is 5.62. The third-order valence-corrected chi connectivity index (χ3v) is 3.19. The van der Waals surface area contributed by atoms with Crippen molar-refractivity contribution < 1.29 is 14.1 Å². The SMILES string of the molecule is Cc1cc(NC(=O)c2ccnc(C(=O)NCCCN(C)C)c2)no1. The molecule has 0 unspecified atom stereocenters. The first kappa shape index (κ1) is 17.6. The maximum Gasteiger partial charge on any atom is 0.269 e. The predicted octanol–water partition coefficient (Wildman–Crippen LogP) is 1.31. The van der Waals surface area contributed by atoms with E-state index in [1.54, 1.807) is 13.0 Å². The summed E-state index contributed by atoms with van der Waals surface area (Å²) in [4.78, 5) is 30.3. The predicted molar refractivity (Wildman–Crippen MR) is 88.9 cm³/mol. The first-order valence-electron chi connectivity index (χ1n) is 7.59. The van der Waals surface area contributed by atoms with E-state index in [1.165, 1.54) is 18.3 Å². The Bertz CT molecular complexity index is 711. The molecule has 0 saturated heterocycles. The van der Waals surface area contributed by atoms with Crippen LogP contribution >= 0.6 is 0 Å². The van der Waals surface area contributed by atoms with Gasteiger partial charge in [-0.1, -0.05) is 5.16 Å². The van der Waals surface area contributed by atoms with Crippen molar-refractivity contribution >= 4 is 17.6 Å². The minimum atomic E-state index is -0.382. The lowest BCUT2D eigenvalue weighted by molar-refractivity contribution is 0.0947. The van der Waals surface area contributed by atoms with E-state index >= 15 is 0 Å². The topological polar surface area (TPSA) is 100 Å². The van der Waals surface area contributed by atoms with E-state index in [0.29, 0.717) is 23.7 Å². The molecule has 2 amide bonds. The highest BCUT2D eigenvalue weighted by Crippen LogP contribution is 2.10. The van der Waals surface area contributed by atoms with Crippen molar-refractivity contribution in [3.05, 3.63) is 41.4 Å². The summed E-state index contributed by atoms with van der Waals surface area (Å²) in [5.41, 5.74) is 0.521. The minimum Gasteiger partial charge on any atom is -0.360 e. The number of hydrogen-bond acceptors (Lipinski definition) is 6. The van der Waals surface area contributed by atoms with Crippen molar-refractivity contribution in [1.29, 1.82) is 0 Å². The first-order valence-corrected chi connectivity index (χ1v) is 7.59. The van der Waals surface area contributed by atoms with Gasteiger partial charge in [-0.25, -0.2) is 0 Å². The molecule has 2 rings (SSSR count). The number of aromatic nitrogens is 2. The van der Waals surface area contributed by atoms with Gasteiger partial charge in [0.2, 0.25) is 0 Å². The molecule has 2 heterocycles. The van der Waals surface area contributed by atoms with Gasteiger partial charge in [-0.2, -0.15) is 0 Å². The van der Waals surface area contributed by atoms with E-state index in [4.69, 9.17) is 4.52 Å². The Balaban J connectivity index is 1.94. The van der Waals surface area contributed by atoms with Gasteiger partial charge in [0, 0.05) is 24.4 Å². The number of hydrogen-bond donors (Lipinski definition) is 2. The van der Waals surface area contributed by atoms with Crippen LogP contribution in [0, 0.1) is 6.92 Å². The highest BCUT2D eigenvalue weighted by molar-refractivity contribution is 6.05. The van der Waals surface area contributed by atoms with Crippen LogP contribution in [0.4, 0.5) is 5.82 Å². The summed E-state index contributed by atoms with van der Waals surface area (Å²) in [5.74, 6) is 0.231. The molecule has 24 heavy (non-hydrogen) atoms. The fourth-order valence-corrected chi connectivity index (χ4v) is 2.00. The van der Waals surface area contributed by atoms with Crippen LogP contribution in [0.25, 0.3) is 0 Å². The lowest BCUT2D eigenvalue weighted by Crippen LogP contribution is -2.28. The van der Waals surface area contributed by atoms with Gasteiger partial charge < -0.3 is 20.1 Å². The normalized spacial score (nSPS) is 10.7.